The molecule has 3 aromatic carbocycles. The molecule has 0 saturated carbocycles. The van der Waals surface area contributed by atoms with Gasteiger partial charge < -0.3 is 26.6 Å². The Morgan fingerprint density at radius 2 is 1.45 bits per heavy atom. The fourth-order valence-electron chi connectivity index (χ4n) is 5.06. The average molecular weight is 574 g/mol. The van der Waals surface area contributed by atoms with Crippen molar-refractivity contribution in [1.82, 2.24) is 10.6 Å². The molecular weight excluding hydrogens is 530 g/mol. The van der Waals surface area contributed by atoms with Crippen molar-refractivity contribution in [2.75, 3.05) is 0 Å². The van der Waals surface area contributed by atoms with E-state index in [2.05, 4.69) is 16.7 Å². The largest absolute Gasteiger partial charge is 0.365 e. The van der Waals surface area contributed by atoms with Gasteiger partial charge in [-0.1, -0.05) is 99.6 Å². The number of aliphatic hydroxyl groups is 2. The summed E-state index contributed by atoms with van der Waals surface area (Å²) in [6.07, 6.45) is 0.863. The minimum Gasteiger partial charge on any atom is -0.365 e. The van der Waals surface area contributed by atoms with E-state index in [0.29, 0.717) is 12.8 Å². The first-order valence-corrected chi connectivity index (χ1v) is 14.3. The number of carbonyl (C=O) groups is 3. The molecule has 6 N–H and O–H groups in total. The highest BCUT2D eigenvalue weighted by Crippen LogP contribution is 2.28. The second-order valence-corrected chi connectivity index (χ2v) is 12.0. The highest BCUT2D eigenvalue weighted by Gasteiger charge is 2.46. The molecule has 0 fully saturated rings. The number of carbonyl (C=O) groups excluding carboxylic acids is 3. The van der Waals surface area contributed by atoms with Gasteiger partial charge in [-0.25, -0.2) is 0 Å². The third kappa shape index (κ3) is 8.27. The van der Waals surface area contributed by atoms with E-state index < -0.39 is 40.9 Å². The maximum Gasteiger partial charge on any atom is 0.278 e. The van der Waals surface area contributed by atoms with Crippen molar-refractivity contribution in [3.63, 3.8) is 0 Å². The van der Waals surface area contributed by atoms with E-state index in [4.69, 9.17) is 5.73 Å². The Balaban J connectivity index is 1.74. The van der Waals surface area contributed by atoms with Crippen LogP contribution in [0.4, 0.5) is 0 Å². The monoisotopic (exact) mass is 573 g/mol. The highest BCUT2D eigenvalue weighted by atomic mass is 16.5. The van der Waals surface area contributed by atoms with Crippen molar-refractivity contribution >= 4 is 17.7 Å². The summed E-state index contributed by atoms with van der Waals surface area (Å²) in [5.41, 5.74) is 9.79. The fraction of sp³-hybridized carbons (Fsp3) is 0.382. The average Bonchev–Trinajstić information content (AvgIpc) is 2.94. The second-order valence-electron chi connectivity index (χ2n) is 12.0. The van der Waals surface area contributed by atoms with Crippen LogP contribution >= 0.6 is 0 Å². The van der Waals surface area contributed by atoms with Crippen molar-refractivity contribution in [1.29, 1.82) is 0 Å². The summed E-state index contributed by atoms with van der Waals surface area (Å²) in [5, 5.41) is 26.8. The van der Waals surface area contributed by atoms with E-state index in [0.717, 1.165) is 27.8 Å². The quantitative estimate of drug-likeness (QED) is 0.207. The number of hydrogen-bond acceptors (Lipinski definition) is 5. The molecule has 3 atom stereocenters. The normalized spacial score (nSPS) is 14.0. The topological polar surface area (TPSA) is 142 Å². The maximum absolute atomic E-state index is 13.5. The van der Waals surface area contributed by atoms with Crippen molar-refractivity contribution in [3.8, 4) is 11.1 Å². The van der Waals surface area contributed by atoms with Gasteiger partial charge in [0.05, 0.1) is 6.04 Å². The molecule has 0 spiro atoms. The van der Waals surface area contributed by atoms with Crippen molar-refractivity contribution in [3.05, 3.63) is 95.6 Å². The molecule has 0 aliphatic rings. The molecule has 0 radical (unpaired) electrons. The van der Waals surface area contributed by atoms with E-state index >= 15 is 0 Å². The molecule has 0 bridgehead atoms. The highest BCUT2D eigenvalue weighted by molar-refractivity contribution is 5.93. The standard InChI is InChI=1S/C34H43N3O5/c1-22-21-24(19-20-27(22)26-16-10-7-11-17-26)13-12-18-28(34(41,42)32(35)40)30(38)37-29(33(3,4)5)31(39)36-23(2)25-14-8-6-9-15-25/h6-11,14-17,19-21,23,28-29,41-42H,12-13,18H2,1-5H3,(H2,35,40)(H,36,39)(H,37,38)/t23-,28+,29-/m1/s1. The van der Waals surface area contributed by atoms with Crippen LogP contribution in [0.15, 0.2) is 78.9 Å². The molecule has 0 aromatic heterocycles. The summed E-state index contributed by atoms with van der Waals surface area (Å²) in [7, 11) is 0. The number of nitrogens with one attached hydrogen (secondary N) is 2. The summed E-state index contributed by atoms with van der Waals surface area (Å²) in [4.78, 5) is 38.8. The third-order valence-electron chi connectivity index (χ3n) is 7.57. The maximum atomic E-state index is 13.5. The van der Waals surface area contributed by atoms with Crippen LogP contribution < -0.4 is 16.4 Å². The molecule has 0 unspecified atom stereocenters. The smallest absolute Gasteiger partial charge is 0.278 e. The van der Waals surface area contributed by atoms with Crippen LogP contribution in [0.25, 0.3) is 11.1 Å². The third-order valence-corrected chi connectivity index (χ3v) is 7.57. The lowest BCUT2D eigenvalue weighted by molar-refractivity contribution is -0.205. The van der Waals surface area contributed by atoms with Crippen molar-refractivity contribution < 1.29 is 24.6 Å². The molecule has 3 rings (SSSR count). The van der Waals surface area contributed by atoms with Gasteiger partial charge in [-0.3, -0.25) is 14.4 Å². The van der Waals surface area contributed by atoms with Crippen LogP contribution in [-0.2, 0) is 20.8 Å². The first kappa shape index (κ1) is 32.5. The molecule has 0 heterocycles. The van der Waals surface area contributed by atoms with Crippen LogP contribution in [0.1, 0.15) is 63.3 Å². The van der Waals surface area contributed by atoms with Gasteiger partial charge in [0, 0.05) is 0 Å². The van der Waals surface area contributed by atoms with Crippen LogP contribution in [-0.4, -0.2) is 39.8 Å². The van der Waals surface area contributed by atoms with Gasteiger partial charge in [0.15, 0.2) is 0 Å². The van der Waals surface area contributed by atoms with Crippen LogP contribution in [0.3, 0.4) is 0 Å². The van der Waals surface area contributed by atoms with Gasteiger partial charge >= 0.3 is 0 Å². The SMILES string of the molecule is Cc1cc(CCC[C@@H](C(=O)N[C@H](C(=O)N[C@H](C)c2ccccc2)C(C)(C)C)C(O)(O)C(N)=O)ccc1-c1ccccc1. The summed E-state index contributed by atoms with van der Waals surface area (Å²) in [6, 6.07) is 24.2. The first-order chi connectivity index (χ1) is 19.7. The van der Waals surface area contributed by atoms with E-state index in [1.165, 1.54) is 0 Å². The molecule has 0 saturated heterocycles. The molecule has 8 nitrogen and oxygen atoms in total. The first-order valence-electron chi connectivity index (χ1n) is 14.3. The predicted octanol–water partition coefficient (Wildman–Crippen LogP) is 4.18. The Morgan fingerprint density at radius 3 is 2.00 bits per heavy atom. The molecule has 0 aliphatic heterocycles. The number of primary amides is 1. The van der Waals surface area contributed by atoms with E-state index in [1.54, 1.807) is 20.8 Å². The van der Waals surface area contributed by atoms with Gasteiger partial charge in [0.1, 0.15) is 12.0 Å². The molecule has 3 aromatic rings. The number of benzene rings is 3. The molecule has 0 aliphatic carbocycles. The van der Waals surface area contributed by atoms with Gasteiger partial charge in [-0.05, 0) is 66.3 Å². The minimum absolute atomic E-state index is 0.0415. The minimum atomic E-state index is -3.09. The van der Waals surface area contributed by atoms with Gasteiger partial charge in [0.25, 0.3) is 11.7 Å². The van der Waals surface area contributed by atoms with Crippen LogP contribution in [0.2, 0.25) is 0 Å². The second kappa shape index (κ2) is 13.8. The lowest BCUT2D eigenvalue weighted by Gasteiger charge is -2.34. The zero-order valence-corrected chi connectivity index (χ0v) is 25.1. The lowest BCUT2D eigenvalue weighted by atomic mass is 9.84. The Bertz CT molecular complexity index is 1370. The van der Waals surface area contributed by atoms with Crippen molar-refractivity contribution in [2.45, 2.75) is 71.8 Å². The summed E-state index contributed by atoms with van der Waals surface area (Å²) < 4.78 is 0. The van der Waals surface area contributed by atoms with Gasteiger partial charge in [-0.15, -0.1) is 0 Å². The molecule has 42 heavy (non-hydrogen) atoms. The number of hydrogen-bond donors (Lipinski definition) is 5. The van der Waals surface area contributed by atoms with Gasteiger partial charge in [-0.2, -0.15) is 0 Å². The number of amides is 3. The Labute approximate surface area is 248 Å². The predicted molar refractivity (Wildman–Crippen MR) is 164 cm³/mol. The fourth-order valence-corrected chi connectivity index (χ4v) is 5.06. The Kier molecular flexibility index (Phi) is 10.7. The summed E-state index contributed by atoms with van der Waals surface area (Å²) in [5.74, 6) is -7.37. The zero-order chi connectivity index (χ0) is 31.1. The number of aryl methyl sites for hydroxylation is 2. The summed E-state index contributed by atoms with van der Waals surface area (Å²) in [6.45, 7) is 9.24. The zero-order valence-electron chi connectivity index (χ0n) is 25.1. The van der Waals surface area contributed by atoms with E-state index in [9.17, 15) is 24.6 Å². The molecular formula is C34H43N3O5. The lowest BCUT2D eigenvalue weighted by Crippen LogP contribution is -2.60. The molecule has 3 amide bonds. The Hall–Kier alpha value is -4.01. The molecule has 8 heteroatoms. The Morgan fingerprint density at radius 1 is 0.857 bits per heavy atom. The van der Waals surface area contributed by atoms with Gasteiger partial charge in [0.2, 0.25) is 11.8 Å². The van der Waals surface area contributed by atoms with E-state index in [1.807, 2.05) is 86.6 Å². The number of rotatable bonds is 12. The van der Waals surface area contributed by atoms with Crippen LogP contribution in [0, 0.1) is 18.3 Å². The van der Waals surface area contributed by atoms with Crippen LogP contribution in [0.5, 0.6) is 0 Å². The molecule has 224 valence electrons. The van der Waals surface area contributed by atoms with E-state index in [-0.39, 0.29) is 12.5 Å². The number of nitrogens with two attached hydrogens (primary N) is 1. The van der Waals surface area contributed by atoms with Crippen molar-refractivity contribution in [2.24, 2.45) is 17.1 Å². The summed E-state index contributed by atoms with van der Waals surface area (Å²) >= 11 is 0.